The maximum atomic E-state index is 8.50. The van der Waals surface area contributed by atoms with Crippen LogP contribution in [0, 0.1) is 38.5 Å². The first-order chi connectivity index (χ1) is 2.41. The van der Waals surface area contributed by atoms with Gasteiger partial charge in [0.15, 0.2) is 0 Å². The summed E-state index contributed by atoms with van der Waals surface area (Å²) in [6.45, 7) is 0. The molecule has 0 radical (unpaired) electrons. The van der Waals surface area contributed by atoms with Crippen LogP contribution in [0.4, 0.5) is 0 Å². The van der Waals surface area contributed by atoms with Crippen molar-refractivity contribution >= 4 is 0 Å². The van der Waals surface area contributed by atoms with E-state index in [1.54, 1.807) is 0 Å². The van der Waals surface area contributed by atoms with Crippen molar-refractivity contribution in [1.82, 2.24) is 0 Å². The van der Waals surface area contributed by atoms with Crippen LogP contribution in [0.2, 0.25) is 0 Å². The van der Waals surface area contributed by atoms with Gasteiger partial charge in [-0.15, -0.1) is 0 Å². The van der Waals surface area contributed by atoms with Crippen molar-refractivity contribution in [3.05, 3.63) is 0 Å². The van der Waals surface area contributed by atoms with Crippen LogP contribution in [0.5, 0.6) is 0 Å². The standard InChI is InChI=1S/3O.Sm.Ti. The third-order valence-electron chi connectivity index (χ3n) is 0. The molecular formula is O3SmTi. The van der Waals surface area contributed by atoms with E-state index in [1.165, 1.54) is 0 Å². The molecule has 0 aliphatic rings. The summed E-state index contributed by atoms with van der Waals surface area (Å²) in [5, 5.41) is 0. The van der Waals surface area contributed by atoms with Gasteiger partial charge in [-0.25, -0.2) is 0 Å². The van der Waals surface area contributed by atoms with E-state index < -0.39 is 19.1 Å². The van der Waals surface area contributed by atoms with Crippen LogP contribution < -0.4 is 0 Å². The zero-order chi connectivity index (χ0) is 4.71. The molecule has 0 aromatic rings. The Hall–Kier alpha value is 1.45. The summed E-state index contributed by atoms with van der Waals surface area (Å²) in [5.74, 6) is 0. The zero-order valence-corrected chi connectivity index (χ0v) is 6.31. The summed E-state index contributed by atoms with van der Waals surface area (Å²) >= 11 is -1.67. The van der Waals surface area contributed by atoms with Crippen LogP contribution >= 0.6 is 0 Å². The Balaban J connectivity index is 0. The second kappa shape index (κ2) is 18.0. The second-order valence-electron chi connectivity index (χ2n) is 0.0833. The fourth-order valence-electron chi connectivity index (χ4n) is 0. The van der Waals surface area contributed by atoms with E-state index in [0.29, 0.717) is 38.5 Å². The third-order valence-corrected chi connectivity index (χ3v) is 0. The molecule has 0 aliphatic carbocycles. The van der Waals surface area contributed by atoms with E-state index in [1.807, 2.05) is 0 Å². The molecule has 0 aromatic carbocycles. The van der Waals surface area contributed by atoms with Crippen molar-refractivity contribution in [2.24, 2.45) is 0 Å². The van der Waals surface area contributed by atoms with E-state index in [2.05, 4.69) is 0 Å². The quantitative estimate of drug-likeness (QED) is 0.548. The average Bonchev–Trinajstić information content (AvgIpc) is 1.46. The molecule has 0 rings (SSSR count). The molecule has 0 aromatic heterocycles. The van der Waals surface area contributed by atoms with Gasteiger partial charge in [0, 0.05) is 0 Å². The van der Waals surface area contributed by atoms with Gasteiger partial charge in [-0.05, 0) is 0 Å². The molecule has 0 aliphatic heterocycles. The van der Waals surface area contributed by atoms with Crippen LogP contribution in [0.1, 0.15) is 0 Å². The van der Waals surface area contributed by atoms with Gasteiger partial charge in [0.25, 0.3) is 0 Å². The Labute approximate surface area is 64.2 Å². The first-order valence-electron chi connectivity index (χ1n) is 0.575. The van der Waals surface area contributed by atoms with Gasteiger partial charge >= 0.3 is 65.3 Å². The minimum atomic E-state index is -2.00. The number of hydrogen-bond donors (Lipinski definition) is 0. The van der Waals surface area contributed by atoms with Crippen molar-refractivity contribution in [2.75, 3.05) is 0 Å². The Morgan fingerprint density at radius 1 is 1.20 bits per heavy atom. The predicted molar refractivity (Wildman–Crippen MR) is 2.06 cm³/mol. The molecule has 0 spiro atoms. The molecular weight excluding hydrogens is 246 g/mol. The molecule has 0 heterocycles. The van der Waals surface area contributed by atoms with Crippen LogP contribution in [0.15, 0.2) is 0 Å². The fourth-order valence-corrected chi connectivity index (χ4v) is 0. The SMILES string of the molecule is [O]=[Sm].[O]=[Ti]=[O]. The van der Waals surface area contributed by atoms with Crippen molar-refractivity contribution < 1.29 is 65.3 Å². The first kappa shape index (κ1) is 9.68. The molecule has 0 amide bonds. The van der Waals surface area contributed by atoms with Crippen molar-refractivity contribution in [3.63, 3.8) is 0 Å². The number of hydrogen-bond acceptors (Lipinski definition) is 3. The molecule has 0 saturated carbocycles. The Kier molecular flexibility index (Phi) is 34.8. The Morgan fingerprint density at radius 3 is 1.20 bits per heavy atom. The van der Waals surface area contributed by atoms with Gasteiger partial charge in [0.1, 0.15) is 0 Å². The molecule has 28 valence electrons. The van der Waals surface area contributed by atoms with Gasteiger partial charge in [-0.2, -0.15) is 0 Å². The van der Waals surface area contributed by atoms with Gasteiger partial charge in [-0.1, -0.05) is 0 Å². The maximum absolute atomic E-state index is 8.50. The summed E-state index contributed by atoms with van der Waals surface area (Å²) in [4.78, 5) is 0. The Bertz CT molecular complexity index is 36.2. The molecule has 3 nitrogen and oxygen atoms in total. The summed E-state index contributed by atoms with van der Waals surface area (Å²) in [6.07, 6.45) is 0. The second-order valence-corrected chi connectivity index (χ2v) is 0.344. The van der Waals surface area contributed by atoms with Crippen LogP contribution in [0.25, 0.3) is 0 Å². The average molecular weight is 246 g/mol. The monoisotopic (exact) mass is 248 g/mol. The molecule has 0 fully saturated rings. The van der Waals surface area contributed by atoms with E-state index in [4.69, 9.17) is 7.76 Å². The van der Waals surface area contributed by atoms with Crippen LogP contribution in [-0.2, 0) is 26.8 Å². The number of rotatable bonds is 0. The molecule has 0 saturated heterocycles. The minimum absolute atomic E-state index is 0.333. The molecule has 5 heavy (non-hydrogen) atoms. The fraction of sp³-hybridized carbons (Fsp3) is 0. The topological polar surface area (TPSA) is 51.2 Å². The van der Waals surface area contributed by atoms with E-state index >= 15 is 0 Å². The van der Waals surface area contributed by atoms with Crippen molar-refractivity contribution in [2.45, 2.75) is 0 Å². The van der Waals surface area contributed by atoms with Gasteiger partial charge in [0.05, 0.1) is 0 Å². The summed E-state index contributed by atoms with van der Waals surface area (Å²) in [7, 11) is 0. The molecule has 0 atom stereocenters. The first-order valence-corrected chi connectivity index (χ1v) is 2.92. The van der Waals surface area contributed by atoms with Crippen LogP contribution in [-0.4, -0.2) is 0 Å². The van der Waals surface area contributed by atoms with Gasteiger partial charge in [-0.3, -0.25) is 0 Å². The third kappa shape index (κ3) is 30.8. The van der Waals surface area contributed by atoms with Gasteiger partial charge in [0.2, 0.25) is 0 Å². The van der Waals surface area contributed by atoms with Crippen molar-refractivity contribution in [3.8, 4) is 0 Å². The summed E-state index contributed by atoms with van der Waals surface area (Å²) in [5.41, 5.74) is 0. The van der Waals surface area contributed by atoms with E-state index in [9.17, 15) is 0 Å². The normalized spacial score (nSPS) is 2.40. The van der Waals surface area contributed by atoms with E-state index in [-0.39, 0.29) is 0 Å². The summed E-state index contributed by atoms with van der Waals surface area (Å²) < 4.78 is 25.3. The van der Waals surface area contributed by atoms with Gasteiger partial charge < -0.3 is 0 Å². The van der Waals surface area contributed by atoms with Crippen molar-refractivity contribution in [1.29, 1.82) is 0 Å². The molecule has 5 heteroatoms. The Morgan fingerprint density at radius 2 is 1.20 bits per heavy atom. The predicted octanol–water partition coefficient (Wildman–Crippen LogP) is -0.359. The zero-order valence-electron chi connectivity index (χ0n) is 2.13. The molecule has 0 bridgehead atoms. The van der Waals surface area contributed by atoms with E-state index in [0.717, 1.165) is 0 Å². The molecule has 0 N–H and O–H groups in total. The van der Waals surface area contributed by atoms with Crippen LogP contribution in [0.3, 0.4) is 0 Å². The summed E-state index contributed by atoms with van der Waals surface area (Å²) in [6, 6.07) is 0. The molecule has 0 unspecified atom stereocenters.